The molecule has 4 aliphatic rings. The van der Waals surface area contributed by atoms with Gasteiger partial charge in [0.15, 0.2) is 5.41 Å². The van der Waals surface area contributed by atoms with Gasteiger partial charge in [0.25, 0.3) is 17.8 Å². The molecule has 23 heteroatoms. The van der Waals surface area contributed by atoms with Crippen LogP contribution in [0, 0.1) is 16.2 Å². The molecule has 0 spiro atoms. The average molecular weight is 760 g/mol. The van der Waals surface area contributed by atoms with Gasteiger partial charge in [-0.3, -0.25) is 0 Å². The molecular weight excluding hydrogens is 737 g/mol. The van der Waals surface area contributed by atoms with Crippen LogP contribution >= 0.6 is 0 Å². The van der Waals surface area contributed by atoms with Crippen LogP contribution in [0.25, 0.3) is 0 Å². The maximum atomic E-state index is 14.5. The van der Waals surface area contributed by atoms with Crippen molar-refractivity contribution in [2.75, 3.05) is 13.3 Å². The van der Waals surface area contributed by atoms with Gasteiger partial charge in [0.2, 0.25) is 22.7 Å². The Morgan fingerprint density at radius 1 is 0.333 bits per heavy atom. The molecule has 8 atom stereocenters. The highest BCUT2D eigenvalue weighted by atomic mass is 19.3. The lowest BCUT2D eigenvalue weighted by molar-refractivity contribution is -0.496. The number of hydrogen-bond acceptors (Lipinski definition) is 0. The lowest BCUT2D eigenvalue weighted by Crippen LogP contribution is -2.92. The first-order chi connectivity index (χ1) is 20.5. The summed E-state index contributed by atoms with van der Waals surface area (Å²) in [6.07, 6.45) is -5.31. The molecular formula is C25H23F23. The summed E-state index contributed by atoms with van der Waals surface area (Å²) in [6, 6.07) is 0. The molecule has 0 aromatic rings. The van der Waals surface area contributed by atoms with Crippen molar-refractivity contribution in [2.45, 2.75) is 123 Å². The van der Waals surface area contributed by atoms with E-state index in [4.69, 9.17) is 0 Å². The van der Waals surface area contributed by atoms with Crippen LogP contribution in [0.3, 0.4) is 0 Å². The fourth-order valence-electron chi connectivity index (χ4n) is 7.54. The molecule has 4 fully saturated rings. The highest BCUT2D eigenvalue weighted by molar-refractivity contribution is 5.38. The normalized spacial score (nSPS) is 51.2. The predicted octanol–water partition coefficient (Wildman–Crippen LogP) is 10.4. The molecule has 4 aliphatic carbocycles. The minimum absolute atomic E-state index is 0.183. The van der Waals surface area contributed by atoms with Crippen molar-refractivity contribution < 1.29 is 101 Å². The Bertz CT molecular complexity index is 1220. The lowest BCUT2D eigenvalue weighted by atomic mass is 9.42. The molecule has 0 heterocycles. The number of alkyl halides is 23. The Kier molecular flexibility index (Phi) is 7.86. The molecule has 48 heavy (non-hydrogen) atoms. The monoisotopic (exact) mass is 760 g/mol. The molecule has 0 aromatic heterocycles. The van der Waals surface area contributed by atoms with Gasteiger partial charge in [-0.2, -0.15) is 17.6 Å². The first kappa shape index (κ1) is 40.8. The van der Waals surface area contributed by atoms with Crippen molar-refractivity contribution in [1.29, 1.82) is 0 Å². The Hall–Kier alpha value is -1.61. The summed E-state index contributed by atoms with van der Waals surface area (Å²) in [4.78, 5) is 0. The topological polar surface area (TPSA) is 0 Å². The molecule has 0 radical (unpaired) electrons. The van der Waals surface area contributed by atoms with E-state index in [2.05, 4.69) is 0 Å². The van der Waals surface area contributed by atoms with E-state index in [-0.39, 0.29) is 6.92 Å². The first-order valence-corrected chi connectivity index (χ1v) is 13.1. The van der Waals surface area contributed by atoms with Gasteiger partial charge in [-0.05, 0) is 34.6 Å². The minimum Gasteiger partial charge on any atom is -0.247 e. The lowest BCUT2D eigenvalue weighted by Gasteiger charge is -2.68. The summed E-state index contributed by atoms with van der Waals surface area (Å²) < 4.78 is 323. The van der Waals surface area contributed by atoms with Gasteiger partial charge in [0.05, 0.1) is 0 Å². The van der Waals surface area contributed by atoms with E-state index >= 15 is 0 Å². The number of halogens is 23. The van der Waals surface area contributed by atoms with E-state index < -0.39 is 146 Å². The zero-order valence-corrected chi connectivity index (χ0v) is 24.5. The molecule has 4 saturated carbocycles. The van der Waals surface area contributed by atoms with Crippen LogP contribution in [0.2, 0.25) is 0 Å². The summed E-state index contributed by atoms with van der Waals surface area (Å²) in [7, 11) is 0. The van der Waals surface area contributed by atoms with Crippen molar-refractivity contribution >= 4 is 0 Å². The van der Waals surface area contributed by atoms with Gasteiger partial charge in [0.1, 0.15) is 24.2 Å². The van der Waals surface area contributed by atoms with Crippen molar-refractivity contribution in [3.8, 4) is 0 Å². The smallest absolute Gasteiger partial charge is 0.247 e. The zero-order chi connectivity index (χ0) is 38.8. The summed E-state index contributed by atoms with van der Waals surface area (Å²) >= 11 is 0. The molecule has 0 aromatic carbocycles. The Morgan fingerprint density at radius 3 is 0.958 bits per heavy atom. The SMILES string of the molecule is CC1(F)C(F)(F)C2(C)CC(F)(CF)C(F)(F)C(C)(C1(F)F)C2(F)F.CC1(F)C(F)(F)C2(C)CC(F)(CF)C(F)(F)C(F)(C1(F)F)C2(F)F. The van der Waals surface area contributed by atoms with Crippen molar-refractivity contribution in [3.05, 3.63) is 0 Å². The van der Waals surface area contributed by atoms with Gasteiger partial charge in [-0.1, -0.05) is 0 Å². The van der Waals surface area contributed by atoms with Gasteiger partial charge in [0, 0.05) is 12.8 Å². The fraction of sp³-hybridized carbons (Fsp3) is 1.00. The van der Waals surface area contributed by atoms with Crippen LogP contribution in [0.15, 0.2) is 0 Å². The average Bonchev–Trinajstić information content (AvgIpc) is 2.92. The number of fused-ring (bicyclic) bond motifs is 4. The molecule has 0 amide bonds. The Labute approximate surface area is 254 Å². The van der Waals surface area contributed by atoms with E-state index in [1.54, 1.807) is 0 Å². The largest absolute Gasteiger partial charge is 0.332 e. The van der Waals surface area contributed by atoms with Gasteiger partial charge in [-0.15, -0.1) is 0 Å². The molecule has 0 aliphatic heterocycles. The molecule has 4 rings (SSSR count). The van der Waals surface area contributed by atoms with Crippen LogP contribution in [0.1, 0.15) is 47.5 Å². The van der Waals surface area contributed by atoms with E-state index in [0.717, 1.165) is 0 Å². The van der Waals surface area contributed by atoms with Crippen molar-refractivity contribution in [1.82, 2.24) is 0 Å². The summed E-state index contributed by atoms with van der Waals surface area (Å²) in [5.41, 5.74) is -41.4. The van der Waals surface area contributed by atoms with E-state index in [1.807, 2.05) is 0 Å². The highest BCUT2D eigenvalue weighted by Crippen LogP contribution is 2.82. The van der Waals surface area contributed by atoms with Gasteiger partial charge >= 0.3 is 35.3 Å². The second kappa shape index (κ2) is 9.24. The number of hydrogen-bond donors (Lipinski definition) is 0. The summed E-state index contributed by atoms with van der Waals surface area (Å²) in [5.74, 6) is -48.6. The van der Waals surface area contributed by atoms with Crippen LogP contribution in [-0.4, -0.2) is 89.1 Å². The van der Waals surface area contributed by atoms with Crippen molar-refractivity contribution in [2.24, 2.45) is 16.2 Å². The van der Waals surface area contributed by atoms with E-state index in [9.17, 15) is 101 Å². The third kappa shape index (κ3) is 3.25. The summed E-state index contributed by atoms with van der Waals surface area (Å²) in [5, 5.41) is 0. The van der Waals surface area contributed by atoms with Crippen LogP contribution in [0.4, 0.5) is 101 Å². The molecule has 4 bridgehead atoms. The van der Waals surface area contributed by atoms with E-state index in [0.29, 0.717) is 0 Å². The van der Waals surface area contributed by atoms with Crippen LogP contribution in [0.5, 0.6) is 0 Å². The quantitative estimate of drug-likeness (QED) is 0.246. The standard InChI is InChI=1S/C13H13F11.C12H10F12/c1-6-4-9(16,5-14)13(23,24)7(2,10(6,17)18)12(21,22)8(3,15)11(6,19)20;1-5-3-7(15,4-13)12(23,24)8(16,10(5,19)20)11(21,22)6(2,14)9(5,17)18/h4-5H2,1-3H3;3-4H2,1-2H3. The third-order valence-electron chi connectivity index (χ3n) is 11.1. The van der Waals surface area contributed by atoms with E-state index in [1.165, 1.54) is 0 Å². The molecule has 0 saturated heterocycles. The second-order valence-electron chi connectivity index (χ2n) is 13.6. The predicted molar refractivity (Wildman–Crippen MR) is 116 cm³/mol. The van der Waals surface area contributed by atoms with Gasteiger partial charge in [-0.25, -0.2) is 83.4 Å². The maximum absolute atomic E-state index is 14.5. The van der Waals surface area contributed by atoms with Crippen molar-refractivity contribution in [3.63, 3.8) is 0 Å². The number of rotatable bonds is 2. The zero-order valence-electron chi connectivity index (χ0n) is 24.5. The minimum atomic E-state index is -6.75. The second-order valence-corrected chi connectivity index (χ2v) is 13.6. The summed E-state index contributed by atoms with van der Waals surface area (Å²) in [6.45, 7) is -8.18. The fourth-order valence-corrected chi connectivity index (χ4v) is 7.54. The molecule has 0 N–H and O–H groups in total. The van der Waals surface area contributed by atoms with Crippen LogP contribution in [-0.2, 0) is 0 Å². The Morgan fingerprint density at radius 2 is 0.625 bits per heavy atom. The van der Waals surface area contributed by atoms with Gasteiger partial charge < -0.3 is 0 Å². The molecule has 0 nitrogen and oxygen atoms in total. The molecule has 8 unspecified atom stereocenters. The maximum Gasteiger partial charge on any atom is 0.332 e. The van der Waals surface area contributed by atoms with Crippen LogP contribution < -0.4 is 0 Å². The molecule has 284 valence electrons. The highest BCUT2D eigenvalue weighted by Gasteiger charge is 3.05. The Balaban J connectivity index is 0.000000260. The first-order valence-electron chi connectivity index (χ1n) is 13.1. The third-order valence-corrected chi connectivity index (χ3v) is 11.1.